The third-order valence-corrected chi connectivity index (χ3v) is 1.80. The number of halogens is 3. The third-order valence-electron chi connectivity index (χ3n) is 1.06. The van der Waals surface area contributed by atoms with E-state index < -0.39 is 5.51 Å². The molecule has 0 aliphatic carbocycles. The van der Waals surface area contributed by atoms with Gasteiger partial charge < -0.3 is 5.11 Å². The van der Waals surface area contributed by atoms with Gasteiger partial charge in [0.15, 0.2) is 0 Å². The Balaban J connectivity index is 0.00000144. The zero-order chi connectivity index (χ0) is 9.19. The molecule has 0 radical (unpaired) electrons. The van der Waals surface area contributed by atoms with Crippen LogP contribution in [-0.2, 0) is 0 Å². The van der Waals surface area contributed by atoms with Crippen LogP contribution in [-0.4, -0.2) is 5.51 Å². The quantitative estimate of drug-likeness (QED) is 0.461. The number of thioether (sulfide) groups is 1. The van der Waals surface area contributed by atoms with E-state index in [0.717, 1.165) is 24.3 Å². The predicted octanol–water partition coefficient (Wildman–Crippen LogP) is -0.624. The van der Waals surface area contributed by atoms with Gasteiger partial charge in [0, 0.05) is 4.90 Å². The fourth-order valence-corrected chi connectivity index (χ4v) is 1.18. The first-order valence-corrected chi connectivity index (χ1v) is 3.82. The molecule has 0 bridgehead atoms. The molecule has 0 aliphatic rings. The van der Waals surface area contributed by atoms with Crippen molar-refractivity contribution in [3.63, 3.8) is 0 Å². The Morgan fingerprint density at radius 1 is 1.08 bits per heavy atom. The van der Waals surface area contributed by atoms with E-state index in [4.69, 9.17) is 0 Å². The average Bonchev–Trinajstić information content (AvgIpc) is 1.91. The van der Waals surface area contributed by atoms with Crippen molar-refractivity contribution in [2.75, 3.05) is 0 Å². The molecule has 13 heavy (non-hydrogen) atoms. The van der Waals surface area contributed by atoms with Crippen molar-refractivity contribution in [2.45, 2.75) is 10.4 Å². The van der Waals surface area contributed by atoms with Crippen molar-refractivity contribution in [1.29, 1.82) is 0 Å². The molecule has 0 unspecified atom stereocenters. The van der Waals surface area contributed by atoms with Gasteiger partial charge in [0.2, 0.25) is 0 Å². The van der Waals surface area contributed by atoms with Crippen molar-refractivity contribution in [3.8, 4) is 5.75 Å². The molecule has 1 rings (SSSR count). The Bertz CT molecular complexity index is 259. The second kappa shape index (κ2) is 5.14. The van der Waals surface area contributed by atoms with E-state index >= 15 is 0 Å². The zero-order valence-corrected chi connectivity index (χ0v) is 9.58. The molecule has 0 heterocycles. The molecule has 0 N–H and O–H groups in total. The van der Waals surface area contributed by atoms with Crippen molar-refractivity contribution >= 4 is 11.8 Å². The maximum atomic E-state index is 11.7. The summed E-state index contributed by atoms with van der Waals surface area (Å²) < 4.78 is 35.2. The standard InChI is InChI=1S/C7H5F3OS.Na/c8-7(9,10)12-6-3-1-5(11)2-4-6;/h1-4,11H;/q;+1/p-1. The number of alkyl halides is 3. The minimum Gasteiger partial charge on any atom is -0.872 e. The summed E-state index contributed by atoms with van der Waals surface area (Å²) in [7, 11) is 0. The molecule has 0 spiro atoms. The Morgan fingerprint density at radius 2 is 1.54 bits per heavy atom. The van der Waals surface area contributed by atoms with Crippen molar-refractivity contribution < 1.29 is 47.8 Å². The predicted molar refractivity (Wildman–Crippen MR) is 37.8 cm³/mol. The molecular formula is C7H4F3NaOS. The molecule has 66 valence electrons. The molecule has 6 heteroatoms. The van der Waals surface area contributed by atoms with Crippen LogP contribution in [0.5, 0.6) is 5.75 Å². The summed E-state index contributed by atoms with van der Waals surface area (Å²) in [6.07, 6.45) is 0. The van der Waals surface area contributed by atoms with Crippen LogP contribution >= 0.6 is 11.8 Å². The average molecular weight is 216 g/mol. The van der Waals surface area contributed by atoms with Gasteiger partial charge in [-0.25, -0.2) is 0 Å². The minimum atomic E-state index is -4.29. The summed E-state index contributed by atoms with van der Waals surface area (Å²) >= 11 is -0.229. The molecule has 0 fully saturated rings. The van der Waals surface area contributed by atoms with Crippen molar-refractivity contribution in [1.82, 2.24) is 0 Å². The molecule has 1 aromatic rings. The molecule has 1 nitrogen and oxygen atoms in total. The van der Waals surface area contributed by atoms with Gasteiger partial charge in [-0.3, -0.25) is 0 Å². The largest absolute Gasteiger partial charge is 1.00 e. The monoisotopic (exact) mass is 216 g/mol. The Labute approximate surface area is 99.6 Å². The molecule has 0 saturated heterocycles. The second-order valence-corrected chi connectivity index (χ2v) is 3.16. The van der Waals surface area contributed by atoms with E-state index in [1.165, 1.54) is 0 Å². The summed E-state index contributed by atoms with van der Waals surface area (Å²) in [5.74, 6) is -0.290. The Kier molecular flexibility index (Phi) is 5.21. The van der Waals surface area contributed by atoms with Crippen LogP contribution in [0.4, 0.5) is 13.2 Å². The topological polar surface area (TPSA) is 23.1 Å². The van der Waals surface area contributed by atoms with E-state index in [1.54, 1.807) is 0 Å². The molecule has 0 saturated carbocycles. The van der Waals surface area contributed by atoms with E-state index in [0.29, 0.717) is 0 Å². The second-order valence-electron chi connectivity index (χ2n) is 2.02. The van der Waals surface area contributed by atoms with Gasteiger partial charge in [-0.05, 0) is 23.9 Å². The summed E-state index contributed by atoms with van der Waals surface area (Å²) in [5, 5.41) is 10.5. The summed E-state index contributed by atoms with van der Waals surface area (Å²) in [5.41, 5.74) is -4.29. The van der Waals surface area contributed by atoms with E-state index in [9.17, 15) is 18.3 Å². The number of rotatable bonds is 1. The molecule has 0 atom stereocenters. The Morgan fingerprint density at radius 3 is 1.92 bits per heavy atom. The van der Waals surface area contributed by atoms with Crippen molar-refractivity contribution in [2.24, 2.45) is 0 Å². The smallest absolute Gasteiger partial charge is 0.872 e. The van der Waals surface area contributed by atoms with Gasteiger partial charge in [0.05, 0.1) is 0 Å². The maximum Gasteiger partial charge on any atom is 1.00 e. The first-order valence-electron chi connectivity index (χ1n) is 3.00. The SMILES string of the molecule is [Na+].[O-]c1ccc(SC(F)(F)F)cc1. The van der Waals surface area contributed by atoms with Gasteiger partial charge in [-0.2, -0.15) is 13.2 Å². The van der Waals surface area contributed by atoms with Crippen molar-refractivity contribution in [3.05, 3.63) is 24.3 Å². The summed E-state index contributed by atoms with van der Waals surface area (Å²) in [6, 6.07) is 4.52. The van der Waals surface area contributed by atoms with Gasteiger partial charge in [0.25, 0.3) is 0 Å². The normalized spacial score (nSPS) is 10.7. The van der Waals surface area contributed by atoms with Gasteiger partial charge in [-0.1, -0.05) is 12.1 Å². The third kappa shape index (κ3) is 5.46. The van der Waals surface area contributed by atoms with Gasteiger partial charge in [0.1, 0.15) is 0 Å². The van der Waals surface area contributed by atoms with Gasteiger partial charge >= 0.3 is 35.1 Å². The molecule has 0 aliphatic heterocycles. The fraction of sp³-hybridized carbons (Fsp3) is 0.143. The molecule has 1 aromatic carbocycles. The maximum absolute atomic E-state index is 11.7. The van der Waals surface area contributed by atoms with E-state index in [2.05, 4.69) is 0 Å². The van der Waals surface area contributed by atoms with Crippen LogP contribution in [0.15, 0.2) is 29.2 Å². The molecular weight excluding hydrogens is 212 g/mol. The molecule has 0 amide bonds. The van der Waals surface area contributed by atoms with Gasteiger partial charge in [-0.15, -0.1) is 5.75 Å². The number of hydrogen-bond acceptors (Lipinski definition) is 2. The Hall–Kier alpha value is 0.160. The van der Waals surface area contributed by atoms with Crippen LogP contribution in [0.1, 0.15) is 0 Å². The number of benzene rings is 1. The van der Waals surface area contributed by atoms with Crippen LogP contribution < -0.4 is 34.7 Å². The van der Waals surface area contributed by atoms with Crippen LogP contribution in [0.2, 0.25) is 0 Å². The zero-order valence-electron chi connectivity index (χ0n) is 6.76. The van der Waals surface area contributed by atoms with Crippen LogP contribution in [0, 0.1) is 0 Å². The summed E-state index contributed by atoms with van der Waals surface area (Å²) in [6.45, 7) is 0. The van der Waals surface area contributed by atoms with Crippen LogP contribution in [0.3, 0.4) is 0 Å². The first-order chi connectivity index (χ1) is 5.47. The van der Waals surface area contributed by atoms with Crippen LogP contribution in [0.25, 0.3) is 0 Å². The fourth-order valence-electron chi connectivity index (χ4n) is 0.641. The first kappa shape index (κ1) is 13.2. The minimum absolute atomic E-state index is 0. The summed E-state index contributed by atoms with van der Waals surface area (Å²) in [4.78, 5) is 0.0297. The molecule has 0 aromatic heterocycles. The van der Waals surface area contributed by atoms with E-state index in [1.807, 2.05) is 0 Å². The van der Waals surface area contributed by atoms with E-state index in [-0.39, 0.29) is 52.0 Å². The number of hydrogen-bond donors (Lipinski definition) is 0.